The molecule has 3 aliphatic rings. The van der Waals surface area contributed by atoms with Crippen molar-refractivity contribution in [2.24, 2.45) is 5.92 Å². The second kappa shape index (κ2) is 8.92. The molecule has 3 saturated heterocycles. The maximum Gasteiger partial charge on any atom is 0.282 e. The lowest BCUT2D eigenvalue weighted by Gasteiger charge is -2.40. The topological polar surface area (TPSA) is 88.2 Å². The van der Waals surface area contributed by atoms with E-state index in [1.165, 1.54) is 14.2 Å². The van der Waals surface area contributed by atoms with E-state index in [2.05, 4.69) is 5.32 Å². The van der Waals surface area contributed by atoms with E-state index >= 15 is 0 Å². The van der Waals surface area contributed by atoms with Gasteiger partial charge in [-0.1, -0.05) is 29.8 Å². The fourth-order valence-electron chi connectivity index (χ4n) is 4.41. The molecule has 0 bridgehead atoms. The molecule has 0 saturated carbocycles. The van der Waals surface area contributed by atoms with Crippen LogP contribution in [0.15, 0.2) is 24.3 Å². The largest absolute Gasteiger partial charge is 0.352 e. The molecular weight excluding hydrogens is 406 g/mol. The minimum Gasteiger partial charge on any atom is -0.352 e. The van der Waals surface area contributed by atoms with Gasteiger partial charge in [-0.05, 0) is 25.3 Å². The number of amides is 1. The SMILES string of the molecule is Cc1ccc(CNC(=O)[C@@H]2CCCN(S(=O)(=O)N3CCC4(CC3)OCCO4)C2)cc1. The number of rotatable bonds is 5. The summed E-state index contributed by atoms with van der Waals surface area (Å²) >= 11 is 0. The molecule has 4 rings (SSSR count). The molecule has 0 aromatic heterocycles. The van der Waals surface area contributed by atoms with E-state index in [4.69, 9.17) is 9.47 Å². The van der Waals surface area contributed by atoms with Crippen LogP contribution >= 0.6 is 0 Å². The summed E-state index contributed by atoms with van der Waals surface area (Å²) in [5.74, 6) is -1.01. The fraction of sp³-hybridized carbons (Fsp3) is 0.667. The number of aryl methyl sites for hydroxylation is 1. The standard InChI is InChI=1S/C21H31N3O5S/c1-17-4-6-18(7-5-17)15-22-20(25)19-3-2-10-24(16-19)30(26,27)23-11-8-21(9-12-23)28-13-14-29-21/h4-7,19H,2-3,8-16H2,1H3,(H,22,25)/t19-/m1/s1. The van der Waals surface area contributed by atoms with Crippen molar-refractivity contribution in [1.29, 1.82) is 0 Å². The third-order valence-electron chi connectivity index (χ3n) is 6.29. The van der Waals surface area contributed by atoms with Gasteiger partial charge in [0.1, 0.15) is 0 Å². The van der Waals surface area contributed by atoms with E-state index in [1.807, 2.05) is 31.2 Å². The van der Waals surface area contributed by atoms with Gasteiger partial charge in [0.2, 0.25) is 5.91 Å². The Labute approximate surface area is 178 Å². The Balaban J connectivity index is 1.32. The summed E-state index contributed by atoms with van der Waals surface area (Å²) < 4.78 is 40.7. The van der Waals surface area contributed by atoms with Crippen LogP contribution in [-0.2, 0) is 31.0 Å². The number of hydrogen-bond donors (Lipinski definition) is 1. The second-order valence-electron chi connectivity index (χ2n) is 8.42. The maximum atomic E-state index is 13.2. The predicted molar refractivity (Wildman–Crippen MR) is 112 cm³/mol. The molecule has 1 atom stereocenters. The number of ether oxygens (including phenoxy) is 2. The van der Waals surface area contributed by atoms with Crippen molar-refractivity contribution in [3.8, 4) is 0 Å². The number of hydrogen-bond acceptors (Lipinski definition) is 5. The van der Waals surface area contributed by atoms with Crippen molar-refractivity contribution in [2.45, 2.75) is 44.9 Å². The average Bonchev–Trinajstić information content (AvgIpc) is 3.21. The lowest BCUT2D eigenvalue weighted by molar-refractivity contribution is -0.179. The summed E-state index contributed by atoms with van der Waals surface area (Å²) in [7, 11) is -3.59. The van der Waals surface area contributed by atoms with Gasteiger partial charge in [-0.15, -0.1) is 0 Å². The summed E-state index contributed by atoms with van der Waals surface area (Å²) in [6.07, 6.45) is 2.48. The first-order valence-corrected chi connectivity index (χ1v) is 12.1. The summed E-state index contributed by atoms with van der Waals surface area (Å²) in [6.45, 7) is 5.06. The Morgan fingerprint density at radius 2 is 1.77 bits per heavy atom. The van der Waals surface area contributed by atoms with Crippen molar-refractivity contribution >= 4 is 16.1 Å². The highest BCUT2D eigenvalue weighted by Gasteiger charge is 2.44. The Hall–Kier alpha value is -1.52. The molecule has 8 nitrogen and oxygen atoms in total. The second-order valence-corrected chi connectivity index (χ2v) is 10.3. The Bertz CT molecular complexity index is 842. The number of piperidine rings is 2. The van der Waals surface area contributed by atoms with E-state index in [0.29, 0.717) is 65.1 Å². The number of nitrogens with zero attached hydrogens (tertiary/aromatic N) is 2. The van der Waals surface area contributed by atoms with E-state index in [9.17, 15) is 13.2 Å². The molecule has 1 amide bonds. The first kappa shape index (κ1) is 21.7. The Kier molecular flexibility index (Phi) is 6.45. The van der Waals surface area contributed by atoms with Crippen molar-refractivity contribution in [1.82, 2.24) is 13.9 Å². The van der Waals surface area contributed by atoms with Crippen LogP contribution in [0.4, 0.5) is 0 Å². The van der Waals surface area contributed by atoms with Gasteiger partial charge in [-0.25, -0.2) is 0 Å². The van der Waals surface area contributed by atoms with Gasteiger partial charge in [0, 0.05) is 45.6 Å². The van der Waals surface area contributed by atoms with Crippen LogP contribution in [0.2, 0.25) is 0 Å². The molecule has 1 spiro atoms. The molecule has 3 aliphatic heterocycles. The van der Waals surface area contributed by atoms with Crippen molar-refractivity contribution in [2.75, 3.05) is 39.4 Å². The predicted octanol–water partition coefficient (Wildman–Crippen LogP) is 1.41. The number of benzene rings is 1. The van der Waals surface area contributed by atoms with Gasteiger partial charge >= 0.3 is 0 Å². The molecule has 0 unspecified atom stereocenters. The third-order valence-corrected chi connectivity index (χ3v) is 8.29. The van der Waals surface area contributed by atoms with Crippen molar-refractivity contribution < 1.29 is 22.7 Å². The fourth-order valence-corrected chi connectivity index (χ4v) is 6.11. The average molecular weight is 438 g/mol. The van der Waals surface area contributed by atoms with Crippen LogP contribution < -0.4 is 5.32 Å². The van der Waals surface area contributed by atoms with Gasteiger partial charge in [-0.2, -0.15) is 17.0 Å². The minimum absolute atomic E-state index is 0.0826. The molecule has 9 heteroatoms. The van der Waals surface area contributed by atoms with E-state index in [1.54, 1.807) is 0 Å². The molecule has 1 aromatic rings. The molecule has 1 aromatic carbocycles. The number of carbonyl (C=O) groups is 1. The van der Waals surface area contributed by atoms with Crippen molar-refractivity contribution in [3.63, 3.8) is 0 Å². The Morgan fingerprint density at radius 3 is 2.43 bits per heavy atom. The lowest BCUT2D eigenvalue weighted by Crippen LogP contribution is -2.54. The molecular formula is C21H31N3O5S. The Morgan fingerprint density at radius 1 is 1.10 bits per heavy atom. The zero-order valence-corrected chi connectivity index (χ0v) is 18.3. The summed E-state index contributed by atoms with van der Waals surface area (Å²) in [5, 5.41) is 2.97. The van der Waals surface area contributed by atoms with E-state index < -0.39 is 16.0 Å². The molecule has 3 heterocycles. The monoisotopic (exact) mass is 437 g/mol. The van der Waals surface area contributed by atoms with Crippen molar-refractivity contribution in [3.05, 3.63) is 35.4 Å². The molecule has 3 fully saturated rings. The molecule has 166 valence electrons. The van der Waals surface area contributed by atoms with Gasteiger partial charge in [-0.3, -0.25) is 4.79 Å². The molecule has 0 radical (unpaired) electrons. The van der Waals surface area contributed by atoms with Gasteiger partial charge < -0.3 is 14.8 Å². The third kappa shape index (κ3) is 4.70. The van der Waals surface area contributed by atoms with Crippen LogP contribution in [0.3, 0.4) is 0 Å². The smallest absolute Gasteiger partial charge is 0.282 e. The van der Waals surface area contributed by atoms with Crippen LogP contribution in [0.5, 0.6) is 0 Å². The van der Waals surface area contributed by atoms with Gasteiger partial charge in [0.25, 0.3) is 10.2 Å². The molecule has 30 heavy (non-hydrogen) atoms. The van der Waals surface area contributed by atoms with Gasteiger partial charge in [0.15, 0.2) is 5.79 Å². The maximum absolute atomic E-state index is 13.2. The van der Waals surface area contributed by atoms with Gasteiger partial charge in [0.05, 0.1) is 19.1 Å². The minimum atomic E-state index is -3.59. The highest BCUT2D eigenvalue weighted by atomic mass is 32.2. The highest BCUT2D eigenvalue weighted by Crippen LogP contribution is 2.33. The number of nitrogens with one attached hydrogen (secondary N) is 1. The molecule has 1 N–H and O–H groups in total. The first-order chi connectivity index (χ1) is 14.4. The normalized spacial score (nSPS) is 25.4. The van der Waals surface area contributed by atoms with Crippen LogP contribution in [-0.4, -0.2) is 68.1 Å². The summed E-state index contributed by atoms with van der Waals surface area (Å²) in [6, 6.07) is 8.02. The van der Waals surface area contributed by atoms with Crippen LogP contribution in [0, 0.1) is 12.8 Å². The van der Waals surface area contributed by atoms with Crippen LogP contribution in [0.25, 0.3) is 0 Å². The molecule has 0 aliphatic carbocycles. The zero-order chi connectivity index (χ0) is 21.2. The summed E-state index contributed by atoms with van der Waals surface area (Å²) in [4.78, 5) is 12.7. The zero-order valence-electron chi connectivity index (χ0n) is 17.5. The summed E-state index contributed by atoms with van der Waals surface area (Å²) in [5.41, 5.74) is 2.21. The van der Waals surface area contributed by atoms with E-state index in [-0.39, 0.29) is 18.4 Å². The van der Waals surface area contributed by atoms with Crippen LogP contribution in [0.1, 0.15) is 36.8 Å². The quantitative estimate of drug-likeness (QED) is 0.753. The van der Waals surface area contributed by atoms with E-state index in [0.717, 1.165) is 5.56 Å². The lowest BCUT2D eigenvalue weighted by atomic mass is 9.98. The number of carbonyl (C=O) groups excluding carboxylic acids is 1. The highest BCUT2D eigenvalue weighted by molar-refractivity contribution is 7.86. The first-order valence-electron chi connectivity index (χ1n) is 10.7.